The first-order valence-corrected chi connectivity index (χ1v) is 8.01. The average molecular weight is 281 g/mol. The lowest BCUT2D eigenvalue weighted by Gasteiger charge is -2.20. The molecule has 0 aliphatic carbocycles. The summed E-state index contributed by atoms with van der Waals surface area (Å²) in [6, 6.07) is 18.2. The van der Waals surface area contributed by atoms with Gasteiger partial charge in [0, 0.05) is 0 Å². The van der Waals surface area contributed by atoms with Gasteiger partial charge in [-0.25, -0.2) is 0 Å². The van der Waals surface area contributed by atoms with Crippen LogP contribution in [0.2, 0.25) is 0 Å². The fourth-order valence-electron chi connectivity index (χ4n) is 2.55. The van der Waals surface area contributed by atoms with Crippen LogP contribution in [0.5, 0.6) is 0 Å². The summed E-state index contributed by atoms with van der Waals surface area (Å²) >= 11 is 0. The second-order valence-corrected chi connectivity index (χ2v) is 6.12. The van der Waals surface area contributed by atoms with E-state index in [2.05, 4.69) is 81.5 Å². The van der Waals surface area contributed by atoms with Gasteiger partial charge in [-0.2, -0.15) is 0 Å². The monoisotopic (exact) mass is 281 g/mol. The molecule has 0 aromatic heterocycles. The van der Waals surface area contributed by atoms with Crippen LogP contribution in [-0.4, -0.2) is 6.54 Å². The molecule has 21 heavy (non-hydrogen) atoms. The summed E-state index contributed by atoms with van der Waals surface area (Å²) in [6.45, 7) is 9.85. The number of nitrogens with one attached hydrogen (secondary N) is 1. The Balaban J connectivity index is 2.28. The summed E-state index contributed by atoms with van der Waals surface area (Å²) < 4.78 is 0. The van der Waals surface area contributed by atoms with Crippen LogP contribution >= 0.6 is 0 Å². The van der Waals surface area contributed by atoms with E-state index in [0.717, 1.165) is 13.0 Å². The summed E-state index contributed by atoms with van der Waals surface area (Å²) in [5.74, 6) is 0.584. The zero-order chi connectivity index (χ0) is 15.2. The first kappa shape index (κ1) is 15.8. The van der Waals surface area contributed by atoms with Gasteiger partial charge in [-0.15, -0.1) is 0 Å². The van der Waals surface area contributed by atoms with Crippen LogP contribution in [0, 0.1) is 6.92 Å². The van der Waals surface area contributed by atoms with Crippen molar-refractivity contribution in [2.45, 2.75) is 46.1 Å². The molecule has 1 unspecified atom stereocenters. The summed E-state index contributed by atoms with van der Waals surface area (Å²) in [7, 11) is 0. The van der Waals surface area contributed by atoms with Crippen molar-refractivity contribution in [3.8, 4) is 0 Å². The third kappa shape index (κ3) is 4.18. The van der Waals surface area contributed by atoms with Crippen LogP contribution in [0.3, 0.4) is 0 Å². The molecule has 0 amide bonds. The predicted molar refractivity (Wildman–Crippen MR) is 91.8 cm³/mol. The highest BCUT2D eigenvalue weighted by molar-refractivity contribution is 5.35. The molecule has 0 spiro atoms. The van der Waals surface area contributed by atoms with Crippen LogP contribution in [0.1, 0.15) is 61.4 Å². The van der Waals surface area contributed by atoms with Gasteiger partial charge in [-0.1, -0.05) is 74.9 Å². The molecule has 2 rings (SSSR count). The van der Waals surface area contributed by atoms with E-state index in [-0.39, 0.29) is 6.04 Å². The summed E-state index contributed by atoms with van der Waals surface area (Å²) in [5, 5.41) is 3.67. The molecule has 2 aromatic carbocycles. The van der Waals surface area contributed by atoms with E-state index in [1.807, 2.05) is 0 Å². The van der Waals surface area contributed by atoms with Crippen molar-refractivity contribution in [2.75, 3.05) is 6.54 Å². The third-order valence-corrected chi connectivity index (χ3v) is 3.95. The standard InChI is InChI=1S/C20H27N/c1-5-14-21-20(18-8-6-16(4)7-9-18)19-12-10-17(11-13-19)15(2)3/h6-13,15,20-21H,5,14H2,1-4H3. The van der Waals surface area contributed by atoms with Gasteiger partial charge in [0.15, 0.2) is 0 Å². The molecule has 0 saturated carbocycles. The van der Waals surface area contributed by atoms with Gasteiger partial charge in [0.1, 0.15) is 0 Å². The Kier molecular flexibility index (Phi) is 5.58. The Hall–Kier alpha value is -1.60. The molecule has 0 aliphatic heterocycles. The number of hydrogen-bond donors (Lipinski definition) is 1. The Morgan fingerprint density at radius 3 is 1.76 bits per heavy atom. The lowest BCUT2D eigenvalue weighted by atomic mass is 9.94. The molecule has 0 aliphatic rings. The van der Waals surface area contributed by atoms with E-state index in [1.165, 1.54) is 22.3 Å². The largest absolute Gasteiger partial charge is 0.306 e. The summed E-state index contributed by atoms with van der Waals surface area (Å²) in [4.78, 5) is 0. The number of aryl methyl sites for hydroxylation is 1. The number of hydrogen-bond acceptors (Lipinski definition) is 1. The maximum absolute atomic E-state index is 3.67. The first-order valence-electron chi connectivity index (χ1n) is 8.01. The number of rotatable bonds is 6. The quantitative estimate of drug-likeness (QED) is 0.766. The highest BCUT2D eigenvalue weighted by atomic mass is 14.9. The van der Waals surface area contributed by atoms with Crippen LogP contribution in [0.25, 0.3) is 0 Å². The molecule has 1 N–H and O–H groups in total. The van der Waals surface area contributed by atoms with Gasteiger partial charge < -0.3 is 5.32 Å². The Morgan fingerprint density at radius 1 is 0.810 bits per heavy atom. The molecular weight excluding hydrogens is 254 g/mol. The molecule has 0 saturated heterocycles. The fraction of sp³-hybridized carbons (Fsp3) is 0.400. The molecule has 1 atom stereocenters. The molecule has 1 nitrogen and oxygen atoms in total. The fourth-order valence-corrected chi connectivity index (χ4v) is 2.55. The predicted octanol–water partition coefficient (Wildman–Crippen LogP) is 5.21. The van der Waals surface area contributed by atoms with E-state index in [4.69, 9.17) is 0 Å². The third-order valence-electron chi connectivity index (χ3n) is 3.95. The Bertz CT molecular complexity index is 537. The highest BCUT2D eigenvalue weighted by Gasteiger charge is 2.13. The molecule has 2 aromatic rings. The van der Waals surface area contributed by atoms with Gasteiger partial charge in [-0.3, -0.25) is 0 Å². The van der Waals surface area contributed by atoms with Gasteiger partial charge in [0.05, 0.1) is 6.04 Å². The minimum atomic E-state index is 0.284. The minimum absolute atomic E-state index is 0.284. The van der Waals surface area contributed by atoms with Crippen molar-refractivity contribution in [3.05, 3.63) is 70.8 Å². The minimum Gasteiger partial charge on any atom is -0.306 e. The zero-order valence-electron chi connectivity index (χ0n) is 13.7. The van der Waals surface area contributed by atoms with E-state index in [0.29, 0.717) is 5.92 Å². The molecule has 112 valence electrons. The Morgan fingerprint density at radius 2 is 1.29 bits per heavy atom. The molecule has 0 heterocycles. The van der Waals surface area contributed by atoms with Crippen molar-refractivity contribution in [2.24, 2.45) is 0 Å². The number of benzene rings is 2. The maximum Gasteiger partial charge on any atom is 0.0576 e. The summed E-state index contributed by atoms with van der Waals surface area (Å²) in [5.41, 5.74) is 5.39. The zero-order valence-corrected chi connectivity index (χ0v) is 13.7. The average Bonchev–Trinajstić information content (AvgIpc) is 2.50. The lowest BCUT2D eigenvalue weighted by molar-refractivity contribution is 0.598. The van der Waals surface area contributed by atoms with Crippen molar-refractivity contribution >= 4 is 0 Å². The van der Waals surface area contributed by atoms with Crippen molar-refractivity contribution < 1.29 is 0 Å². The second kappa shape index (κ2) is 7.42. The van der Waals surface area contributed by atoms with Crippen LogP contribution in [0.4, 0.5) is 0 Å². The van der Waals surface area contributed by atoms with Gasteiger partial charge >= 0.3 is 0 Å². The highest BCUT2D eigenvalue weighted by Crippen LogP contribution is 2.24. The molecule has 1 heteroatoms. The topological polar surface area (TPSA) is 12.0 Å². The van der Waals surface area contributed by atoms with Crippen LogP contribution < -0.4 is 5.32 Å². The normalized spacial score (nSPS) is 12.6. The van der Waals surface area contributed by atoms with Gasteiger partial charge in [0.2, 0.25) is 0 Å². The lowest BCUT2D eigenvalue weighted by Crippen LogP contribution is -2.23. The molecule has 0 radical (unpaired) electrons. The van der Waals surface area contributed by atoms with E-state index >= 15 is 0 Å². The molecular formula is C20H27N. The van der Waals surface area contributed by atoms with Crippen molar-refractivity contribution in [1.82, 2.24) is 5.32 Å². The SMILES string of the molecule is CCCNC(c1ccc(C)cc1)c1ccc(C(C)C)cc1. The van der Waals surface area contributed by atoms with Gasteiger partial charge in [-0.05, 0) is 42.5 Å². The van der Waals surface area contributed by atoms with E-state index in [9.17, 15) is 0 Å². The van der Waals surface area contributed by atoms with Crippen molar-refractivity contribution in [1.29, 1.82) is 0 Å². The van der Waals surface area contributed by atoms with Crippen LogP contribution in [0.15, 0.2) is 48.5 Å². The molecule has 0 bridgehead atoms. The second-order valence-electron chi connectivity index (χ2n) is 6.12. The van der Waals surface area contributed by atoms with Crippen molar-refractivity contribution in [3.63, 3.8) is 0 Å². The van der Waals surface area contributed by atoms with Crippen LogP contribution in [-0.2, 0) is 0 Å². The Labute approximate surface area is 129 Å². The molecule has 0 fully saturated rings. The van der Waals surface area contributed by atoms with E-state index in [1.54, 1.807) is 0 Å². The van der Waals surface area contributed by atoms with E-state index < -0.39 is 0 Å². The smallest absolute Gasteiger partial charge is 0.0576 e. The maximum atomic E-state index is 3.67. The summed E-state index contributed by atoms with van der Waals surface area (Å²) in [6.07, 6.45) is 1.15. The van der Waals surface area contributed by atoms with Gasteiger partial charge in [0.25, 0.3) is 0 Å². The first-order chi connectivity index (χ1) is 10.1.